The summed E-state index contributed by atoms with van der Waals surface area (Å²) in [6.07, 6.45) is 15.2. The highest BCUT2D eigenvalue weighted by atomic mass is 16.3. The third-order valence-electron chi connectivity index (χ3n) is 11.3. The van der Waals surface area contributed by atoms with Crippen LogP contribution in [-0.2, 0) is 4.79 Å². The van der Waals surface area contributed by atoms with E-state index in [4.69, 9.17) is 0 Å². The van der Waals surface area contributed by atoms with Gasteiger partial charge in [0.15, 0.2) is 0 Å². The fraction of sp³-hybridized carbons (Fsp3) is 0.694. The quantitative estimate of drug-likeness (QED) is 0.0622. The number of nitrogens with one attached hydrogen (secondary N) is 2. The molecule has 1 spiro atoms. The van der Waals surface area contributed by atoms with Crippen LogP contribution >= 0.6 is 0 Å². The summed E-state index contributed by atoms with van der Waals surface area (Å²) in [6, 6.07) is 0. The van der Waals surface area contributed by atoms with Crippen LogP contribution in [-0.4, -0.2) is 78.3 Å². The van der Waals surface area contributed by atoms with Gasteiger partial charge < -0.3 is 31.1 Å². The third kappa shape index (κ3) is 6.58. The molecule has 0 saturated heterocycles. The minimum atomic E-state index is -1.15. The van der Waals surface area contributed by atoms with Crippen LogP contribution in [0, 0.1) is 16.2 Å². The molecule has 2 bridgehead atoms. The van der Waals surface area contributed by atoms with Gasteiger partial charge in [-0.1, -0.05) is 54.5 Å². The first kappa shape index (κ1) is 35.6. The van der Waals surface area contributed by atoms with Crippen molar-refractivity contribution in [3.63, 3.8) is 0 Å². The van der Waals surface area contributed by atoms with Gasteiger partial charge >= 0.3 is 0 Å². The summed E-state index contributed by atoms with van der Waals surface area (Å²) in [5.74, 6) is 0. The van der Waals surface area contributed by atoms with Crippen LogP contribution in [0.1, 0.15) is 91.4 Å². The number of hydrogen-bond acceptors (Lipinski definition) is 7. The summed E-state index contributed by atoms with van der Waals surface area (Å²) in [7, 11) is 1.87. The summed E-state index contributed by atoms with van der Waals surface area (Å²) in [4.78, 5) is 12.1. The predicted molar refractivity (Wildman–Crippen MR) is 175 cm³/mol. The van der Waals surface area contributed by atoms with Gasteiger partial charge in [-0.25, -0.2) is 0 Å². The van der Waals surface area contributed by atoms with E-state index in [1.807, 2.05) is 32.2 Å². The normalized spacial score (nSPS) is 34.0. The highest BCUT2D eigenvalue weighted by molar-refractivity contribution is 5.74. The van der Waals surface area contributed by atoms with Crippen molar-refractivity contribution in [1.82, 2.24) is 10.6 Å². The van der Waals surface area contributed by atoms with Crippen LogP contribution in [0.5, 0.6) is 0 Å². The van der Waals surface area contributed by atoms with Gasteiger partial charge in [0.05, 0.1) is 18.3 Å². The summed E-state index contributed by atoms with van der Waals surface area (Å²) in [5, 5.41) is 52.3. The van der Waals surface area contributed by atoms with Gasteiger partial charge in [0.1, 0.15) is 6.29 Å². The number of fused-ring (bicyclic) bond motifs is 1. The molecule has 3 saturated carbocycles. The van der Waals surface area contributed by atoms with Gasteiger partial charge in [-0.3, -0.25) is 4.79 Å². The molecule has 0 aromatic carbocycles. The average molecular weight is 599 g/mol. The molecule has 0 heterocycles. The lowest BCUT2D eigenvalue weighted by Gasteiger charge is -2.67. The molecule has 3 rings (SSSR count). The molecule has 3 aliphatic rings. The van der Waals surface area contributed by atoms with Crippen molar-refractivity contribution in [2.75, 3.05) is 39.9 Å². The number of likely N-dealkylation sites (N-methyl/N-ethyl adjacent to an activating group) is 1. The minimum Gasteiger partial charge on any atom is -0.396 e. The second-order valence-electron chi connectivity index (χ2n) is 13.3. The lowest BCUT2D eigenvalue weighted by atomic mass is 9.39. The molecular weight excluding hydrogens is 540 g/mol. The Morgan fingerprint density at radius 2 is 1.86 bits per heavy atom. The standard InChI is InChI=1S/C36H58N2O5/c1-6-38-24-28(3)12-7-10-27(2)11-8-13-30(26-41)33-17-19-34(15-9-23-39)31(29(4)25-40)14-16-35(43,21-22-37-5)36(34,20-18-33)32(33)42/h8,11-13,25,32,37-39,41-43H,2,6-7,9-10,14-24,26H2,1,3-5H3/b11-8+,28-12+,30-13-,31-29-/t32-,33+,34-,35+,36+/m1/s1. The number of rotatable bonds is 17. The molecule has 0 amide bonds. The zero-order valence-corrected chi connectivity index (χ0v) is 27.2. The van der Waals surface area contributed by atoms with E-state index in [-0.39, 0.29) is 13.2 Å². The smallest absolute Gasteiger partial charge is 0.145 e. The Morgan fingerprint density at radius 3 is 2.51 bits per heavy atom. The molecule has 5 atom stereocenters. The van der Waals surface area contributed by atoms with Crippen LogP contribution in [0.15, 0.2) is 58.7 Å². The Morgan fingerprint density at radius 1 is 1.12 bits per heavy atom. The number of carbonyl (C=O) groups is 1. The zero-order chi connectivity index (χ0) is 31.7. The largest absolute Gasteiger partial charge is 0.396 e. The number of aliphatic hydroxyl groups is 4. The van der Waals surface area contributed by atoms with E-state index < -0.39 is 27.9 Å². The highest BCUT2D eigenvalue weighted by Gasteiger charge is 2.76. The molecular formula is C36H58N2O5. The number of aliphatic hydroxyl groups excluding tert-OH is 3. The molecule has 7 nitrogen and oxygen atoms in total. The van der Waals surface area contributed by atoms with E-state index in [1.54, 1.807) is 0 Å². The first-order chi connectivity index (χ1) is 20.6. The molecule has 0 aromatic rings. The molecule has 0 aromatic heterocycles. The van der Waals surface area contributed by atoms with Gasteiger partial charge in [0, 0.05) is 29.4 Å². The molecule has 0 unspecified atom stereocenters. The van der Waals surface area contributed by atoms with Crippen LogP contribution in [0.2, 0.25) is 0 Å². The SMILES string of the molecule is C=C(/C=C/C=C(/CO)[C@]12CC[C@]3(CCCO)/C(=C(/C)C=O)CC[C@](O)(CCNC)[C@@]3(CC1)[C@@H]2O)CC/C=C(\C)CNCC. The van der Waals surface area contributed by atoms with Gasteiger partial charge in [0.2, 0.25) is 0 Å². The highest BCUT2D eigenvalue weighted by Crippen LogP contribution is 2.77. The topological polar surface area (TPSA) is 122 Å². The Hall–Kier alpha value is -1.87. The van der Waals surface area contributed by atoms with Gasteiger partial charge in [-0.2, -0.15) is 0 Å². The second-order valence-corrected chi connectivity index (χ2v) is 13.3. The fourth-order valence-corrected chi connectivity index (χ4v) is 9.09. The van der Waals surface area contributed by atoms with Crippen LogP contribution < -0.4 is 10.6 Å². The molecule has 3 aliphatic carbocycles. The Balaban J connectivity index is 1.98. The van der Waals surface area contributed by atoms with Crippen molar-refractivity contribution in [3.05, 3.63) is 58.7 Å². The number of hydrogen-bond donors (Lipinski definition) is 6. The molecule has 43 heavy (non-hydrogen) atoms. The maximum absolute atomic E-state index is 12.6. The fourth-order valence-electron chi connectivity index (χ4n) is 9.09. The lowest BCUT2D eigenvalue weighted by Crippen LogP contribution is -2.69. The molecule has 3 fully saturated rings. The third-order valence-corrected chi connectivity index (χ3v) is 11.3. The van der Waals surface area contributed by atoms with Crippen molar-refractivity contribution in [2.24, 2.45) is 16.2 Å². The van der Waals surface area contributed by atoms with Crippen molar-refractivity contribution in [3.8, 4) is 0 Å². The zero-order valence-electron chi connectivity index (χ0n) is 27.2. The maximum atomic E-state index is 12.6. The van der Waals surface area contributed by atoms with Crippen LogP contribution in [0.4, 0.5) is 0 Å². The van der Waals surface area contributed by atoms with E-state index in [9.17, 15) is 25.2 Å². The summed E-state index contributed by atoms with van der Waals surface area (Å²) < 4.78 is 0. The van der Waals surface area contributed by atoms with Crippen LogP contribution in [0.25, 0.3) is 0 Å². The maximum Gasteiger partial charge on any atom is 0.145 e. The summed E-state index contributed by atoms with van der Waals surface area (Å²) >= 11 is 0. The van der Waals surface area contributed by atoms with Crippen molar-refractivity contribution < 1.29 is 25.2 Å². The van der Waals surface area contributed by atoms with E-state index in [1.165, 1.54) is 5.57 Å². The van der Waals surface area contributed by atoms with Gasteiger partial charge in [-0.15, -0.1) is 0 Å². The average Bonchev–Trinajstić information content (AvgIpc) is 3.20. The van der Waals surface area contributed by atoms with E-state index in [0.717, 1.165) is 48.9 Å². The molecule has 6 N–H and O–H groups in total. The minimum absolute atomic E-state index is 0.0168. The Labute approximate surface area is 259 Å². The first-order valence-electron chi connectivity index (χ1n) is 16.4. The number of carbonyl (C=O) groups excluding carboxylic acids is 1. The van der Waals surface area contributed by atoms with Gasteiger partial charge in [0.25, 0.3) is 0 Å². The number of aldehydes is 1. The van der Waals surface area contributed by atoms with Gasteiger partial charge in [-0.05, 0) is 116 Å². The Bertz CT molecular complexity index is 1110. The molecule has 0 aliphatic heterocycles. The lowest BCUT2D eigenvalue weighted by molar-refractivity contribution is -0.240. The molecule has 242 valence electrons. The van der Waals surface area contributed by atoms with Crippen LogP contribution in [0.3, 0.4) is 0 Å². The molecule has 0 radical (unpaired) electrons. The summed E-state index contributed by atoms with van der Waals surface area (Å²) in [6.45, 7) is 12.6. The number of allylic oxidation sites excluding steroid dienone is 7. The van der Waals surface area contributed by atoms with E-state index in [0.29, 0.717) is 69.9 Å². The first-order valence-corrected chi connectivity index (χ1v) is 16.4. The molecule has 7 heteroatoms. The monoisotopic (exact) mass is 598 g/mol. The predicted octanol–water partition coefficient (Wildman–Crippen LogP) is 4.68. The van der Waals surface area contributed by atoms with E-state index in [2.05, 4.69) is 37.1 Å². The Kier molecular flexibility index (Phi) is 12.8. The summed E-state index contributed by atoms with van der Waals surface area (Å²) in [5.41, 5.74) is 1.54. The second kappa shape index (κ2) is 15.4. The van der Waals surface area contributed by atoms with Crippen molar-refractivity contribution in [1.29, 1.82) is 0 Å². The van der Waals surface area contributed by atoms with Crippen molar-refractivity contribution in [2.45, 2.75) is 103 Å². The van der Waals surface area contributed by atoms with Crippen molar-refractivity contribution >= 4 is 6.29 Å². The van der Waals surface area contributed by atoms with E-state index >= 15 is 0 Å².